The SMILES string of the molecule is COc1cc2c(cc1OC)C(CN(C)CCCC1C(=O)NCCc3cc(OC)c(OC)cc31)C2. The number of hydrogen-bond donors (Lipinski definition) is 1. The van der Waals surface area contributed by atoms with Crippen LogP contribution in [-0.2, 0) is 17.6 Å². The quantitative estimate of drug-likeness (QED) is 0.575. The molecule has 1 heterocycles. The lowest BCUT2D eigenvalue weighted by molar-refractivity contribution is -0.122. The summed E-state index contributed by atoms with van der Waals surface area (Å²) in [6.07, 6.45) is 3.59. The summed E-state index contributed by atoms with van der Waals surface area (Å²) in [5.41, 5.74) is 4.91. The van der Waals surface area contributed by atoms with Gasteiger partial charge >= 0.3 is 0 Å². The minimum atomic E-state index is -0.174. The van der Waals surface area contributed by atoms with E-state index in [0.717, 1.165) is 61.4 Å². The number of benzene rings is 2. The first-order valence-electron chi connectivity index (χ1n) is 11.9. The molecular weight excluding hydrogens is 432 g/mol. The molecule has 0 fully saturated rings. The summed E-state index contributed by atoms with van der Waals surface area (Å²) in [4.78, 5) is 15.2. The van der Waals surface area contributed by atoms with Gasteiger partial charge in [-0.05, 0) is 85.8 Å². The summed E-state index contributed by atoms with van der Waals surface area (Å²) in [6, 6.07) is 8.21. The summed E-state index contributed by atoms with van der Waals surface area (Å²) in [7, 11) is 8.79. The number of carbonyl (C=O) groups is 1. The van der Waals surface area contributed by atoms with Crippen LogP contribution >= 0.6 is 0 Å². The fourth-order valence-corrected chi connectivity index (χ4v) is 5.28. The molecule has 2 aromatic rings. The molecule has 34 heavy (non-hydrogen) atoms. The molecule has 2 atom stereocenters. The summed E-state index contributed by atoms with van der Waals surface area (Å²) in [6.45, 7) is 2.57. The van der Waals surface area contributed by atoms with Crippen molar-refractivity contribution in [1.29, 1.82) is 0 Å². The molecule has 2 aliphatic rings. The van der Waals surface area contributed by atoms with Crippen LogP contribution in [-0.4, -0.2) is 65.9 Å². The lowest BCUT2D eigenvalue weighted by atomic mass is 9.77. The smallest absolute Gasteiger partial charge is 0.227 e. The number of fused-ring (bicyclic) bond motifs is 2. The Labute approximate surface area is 202 Å². The molecule has 7 nitrogen and oxygen atoms in total. The largest absolute Gasteiger partial charge is 0.493 e. The molecule has 1 aliphatic heterocycles. The second-order valence-electron chi connectivity index (χ2n) is 9.21. The van der Waals surface area contributed by atoms with Crippen molar-refractivity contribution >= 4 is 5.91 Å². The minimum absolute atomic E-state index is 0.0996. The van der Waals surface area contributed by atoms with Crippen LogP contribution in [0.4, 0.5) is 0 Å². The molecule has 2 unspecified atom stereocenters. The maximum Gasteiger partial charge on any atom is 0.227 e. The van der Waals surface area contributed by atoms with Crippen LogP contribution in [0.2, 0.25) is 0 Å². The molecule has 1 N–H and O–H groups in total. The van der Waals surface area contributed by atoms with Crippen molar-refractivity contribution in [2.75, 3.05) is 55.1 Å². The lowest BCUT2D eigenvalue weighted by Crippen LogP contribution is -2.32. The zero-order valence-electron chi connectivity index (χ0n) is 20.9. The van der Waals surface area contributed by atoms with Crippen molar-refractivity contribution < 1.29 is 23.7 Å². The summed E-state index contributed by atoms with van der Waals surface area (Å²) >= 11 is 0. The Kier molecular flexibility index (Phi) is 7.51. The van der Waals surface area contributed by atoms with Gasteiger partial charge in [0, 0.05) is 19.0 Å². The van der Waals surface area contributed by atoms with Gasteiger partial charge in [0.2, 0.25) is 5.91 Å². The number of carbonyl (C=O) groups excluding carboxylic acids is 1. The molecule has 0 bridgehead atoms. The van der Waals surface area contributed by atoms with E-state index in [4.69, 9.17) is 18.9 Å². The number of amides is 1. The fraction of sp³-hybridized carbons (Fsp3) is 0.519. The Balaban J connectivity index is 1.37. The van der Waals surface area contributed by atoms with E-state index in [1.54, 1.807) is 28.4 Å². The second kappa shape index (κ2) is 10.6. The maximum atomic E-state index is 12.9. The van der Waals surface area contributed by atoms with Crippen molar-refractivity contribution in [2.45, 2.75) is 37.5 Å². The first kappa shape index (κ1) is 24.2. The van der Waals surface area contributed by atoms with Crippen molar-refractivity contribution in [3.63, 3.8) is 0 Å². The highest BCUT2D eigenvalue weighted by Crippen LogP contribution is 2.42. The third-order valence-corrected chi connectivity index (χ3v) is 7.15. The van der Waals surface area contributed by atoms with E-state index >= 15 is 0 Å². The number of likely N-dealkylation sites (N-methyl/N-ethyl adjacent to an activating group) is 1. The molecule has 0 saturated heterocycles. The molecule has 0 spiro atoms. The monoisotopic (exact) mass is 468 g/mol. The molecule has 7 heteroatoms. The Morgan fingerprint density at radius 1 is 0.882 bits per heavy atom. The van der Waals surface area contributed by atoms with Gasteiger partial charge in [0.1, 0.15) is 0 Å². The number of nitrogens with one attached hydrogen (secondary N) is 1. The van der Waals surface area contributed by atoms with Crippen molar-refractivity contribution in [2.24, 2.45) is 0 Å². The summed E-state index contributed by atoms with van der Waals surface area (Å²) < 4.78 is 21.9. The highest BCUT2D eigenvalue weighted by atomic mass is 16.5. The molecular formula is C27H36N2O5. The number of nitrogens with zero attached hydrogens (tertiary/aromatic N) is 1. The van der Waals surface area contributed by atoms with Gasteiger partial charge in [0.15, 0.2) is 23.0 Å². The number of methoxy groups -OCH3 is 4. The number of hydrogen-bond acceptors (Lipinski definition) is 6. The zero-order chi connectivity index (χ0) is 24.2. The predicted octanol–water partition coefficient (Wildman–Crippen LogP) is 3.53. The van der Waals surface area contributed by atoms with Gasteiger partial charge in [0.05, 0.1) is 34.4 Å². The first-order chi connectivity index (χ1) is 16.5. The Hall–Kier alpha value is -2.93. The normalized spacial score (nSPS) is 18.8. The fourth-order valence-electron chi connectivity index (χ4n) is 5.28. The molecule has 0 saturated carbocycles. The number of rotatable bonds is 10. The van der Waals surface area contributed by atoms with E-state index < -0.39 is 0 Å². The van der Waals surface area contributed by atoms with Crippen molar-refractivity contribution in [1.82, 2.24) is 10.2 Å². The lowest BCUT2D eigenvalue weighted by Gasteiger charge is -2.34. The van der Waals surface area contributed by atoms with E-state index in [0.29, 0.717) is 24.0 Å². The standard InChI is InChI=1S/C27H36N2O5/c1-29(16-19-11-18-13-24(32-3)25(33-4)14-21(18)19)10-6-7-20-22-15-26(34-5)23(31-2)12-17(22)8-9-28-27(20)30/h12-15,19-20H,6-11,16H2,1-5H3,(H,28,30). The highest BCUT2D eigenvalue weighted by molar-refractivity contribution is 5.85. The zero-order valence-corrected chi connectivity index (χ0v) is 20.9. The highest BCUT2D eigenvalue weighted by Gasteiger charge is 2.30. The topological polar surface area (TPSA) is 69.3 Å². The Bertz CT molecular complexity index is 1040. The molecule has 4 rings (SSSR count). The van der Waals surface area contributed by atoms with Gasteiger partial charge in [-0.25, -0.2) is 0 Å². The summed E-state index contributed by atoms with van der Waals surface area (Å²) in [5.74, 6) is 3.40. The van der Waals surface area contributed by atoms with Crippen LogP contribution in [0.15, 0.2) is 24.3 Å². The van der Waals surface area contributed by atoms with E-state index in [-0.39, 0.29) is 11.8 Å². The minimum Gasteiger partial charge on any atom is -0.493 e. The van der Waals surface area contributed by atoms with Gasteiger partial charge in [-0.1, -0.05) is 0 Å². The molecule has 1 aliphatic carbocycles. The third kappa shape index (κ3) is 4.80. The van der Waals surface area contributed by atoms with Crippen LogP contribution in [0, 0.1) is 0 Å². The van der Waals surface area contributed by atoms with Crippen LogP contribution in [0.5, 0.6) is 23.0 Å². The predicted molar refractivity (Wildman–Crippen MR) is 132 cm³/mol. The summed E-state index contributed by atoms with van der Waals surface area (Å²) in [5, 5.41) is 3.08. The molecule has 184 valence electrons. The maximum absolute atomic E-state index is 12.9. The van der Waals surface area contributed by atoms with E-state index in [1.165, 1.54) is 11.1 Å². The van der Waals surface area contributed by atoms with Crippen LogP contribution in [0.3, 0.4) is 0 Å². The Morgan fingerprint density at radius 3 is 2.12 bits per heavy atom. The van der Waals surface area contributed by atoms with Crippen LogP contribution in [0.1, 0.15) is 46.9 Å². The molecule has 0 radical (unpaired) electrons. The van der Waals surface area contributed by atoms with Gasteiger partial charge in [-0.3, -0.25) is 4.79 Å². The van der Waals surface area contributed by atoms with Crippen LogP contribution < -0.4 is 24.3 Å². The van der Waals surface area contributed by atoms with E-state index in [9.17, 15) is 4.79 Å². The van der Waals surface area contributed by atoms with Gasteiger partial charge in [-0.15, -0.1) is 0 Å². The van der Waals surface area contributed by atoms with Crippen molar-refractivity contribution in [3.05, 3.63) is 46.5 Å². The number of ether oxygens (including phenoxy) is 4. The van der Waals surface area contributed by atoms with Gasteiger partial charge < -0.3 is 29.2 Å². The van der Waals surface area contributed by atoms with E-state index in [1.807, 2.05) is 12.1 Å². The molecule has 1 amide bonds. The average Bonchev–Trinajstić information content (AvgIpc) is 2.99. The van der Waals surface area contributed by atoms with Crippen molar-refractivity contribution in [3.8, 4) is 23.0 Å². The Morgan fingerprint density at radius 2 is 1.47 bits per heavy atom. The van der Waals surface area contributed by atoms with Gasteiger partial charge in [0.25, 0.3) is 0 Å². The van der Waals surface area contributed by atoms with E-state index in [2.05, 4.69) is 29.4 Å². The van der Waals surface area contributed by atoms with Gasteiger partial charge in [-0.2, -0.15) is 0 Å². The average molecular weight is 469 g/mol. The first-order valence-corrected chi connectivity index (χ1v) is 11.9. The molecule has 2 aromatic carbocycles. The van der Waals surface area contributed by atoms with Crippen LogP contribution in [0.25, 0.3) is 0 Å². The third-order valence-electron chi connectivity index (χ3n) is 7.15. The second-order valence-corrected chi connectivity index (χ2v) is 9.21. The molecule has 0 aromatic heterocycles.